The first-order valence-corrected chi connectivity index (χ1v) is 6.63. The summed E-state index contributed by atoms with van der Waals surface area (Å²) in [5, 5.41) is 0. The van der Waals surface area contributed by atoms with Gasteiger partial charge in [-0.1, -0.05) is 38.1 Å². The maximum Gasteiger partial charge on any atom is 0.162 e. The number of carbonyl (C=O) groups is 1. The lowest BCUT2D eigenvalue weighted by atomic mass is 10.1. The Balaban J connectivity index is 2.20. The molecule has 2 heteroatoms. The second-order valence-electron chi connectivity index (χ2n) is 4.41. The van der Waals surface area contributed by atoms with E-state index >= 15 is 0 Å². The van der Waals surface area contributed by atoms with Crippen LogP contribution in [0, 0.1) is 0 Å². The maximum atomic E-state index is 11.7. The van der Waals surface area contributed by atoms with Gasteiger partial charge in [-0.2, -0.15) is 0 Å². The highest BCUT2D eigenvalue weighted by atomic mass is 16.5. The fourth-order valence-corrected chi connectivity index (χ4v) is 1.90. The third-order valence-corrected chi connectivity index (χ3v) is 3.02. The Labute approximate surface area is 114 Å². The molecule has 0 aliphatic heterocycles. The number of ketones is 1. The summed E-state index contributed by atoms with van der Waals surface area (Å²) in [4.78, 5) is 11.7. The third-order valence-electron chi connectivity index (χ3n) is 3.02. The summed E-state index contributed by atoms with van der Waals surface area (Å²) in [5.74, 6) is 1.64. The molecule has 2 nitrogen and oxygen atoms in total. The summed E-state index contributed by atoms with van der Waals surface area (Å²) in [6, 6.07) is 15.3. The van der Waals surface area contributed by atoms with Crippen LogP contribution in [0.25, 0.3) is 0 Å². The average Bonchev–Trinajstić information content (AvgIpc) is 2.47. The Morgan fingerprint density at radius 2 is 1.68 bits per heavy atom. The minimum Gasteiger partial charge on any atom is -0.457 e. The van der Waals surface area contributed by atoms with Gasteiger partial charge in [0, 0.05) is 12.0 Å². The van der Waals surface area contributed by atoms with Gasteiger partial charge in [0.15, 0.2) is 5.78 Å². The molecule has 0 aliphatic rings. The lowest BCUT2D eigenvalue weighted by Crippen LogP contribution is -1.96. The van der Waals surface area contributed by atoms with Gasteiger partial charge in [0.25, 0.3) is 0 Å². The molecule has 0 aromatic heterocycles. The Kier molecular flexibility index (Phi) is 4.35. The molecule has 0 heterocycles. The first-order valence-electron chi connectivity index (χ1n) is 6.63. The lowest BCUT2D eigenvalue weighted by molar-refractivity contribution is 0.0988. The summed E-state index contributed by atoms with van der Waals surface area (Å²) in [5.41, 5.74) is 1.94. The molecule has 0 N–H and O–H groups in total. The van der Waals surface area contributed by atoms with E-state index in [1.54, 1.807) is 6.07 Å². The van der Waals surface area contributed by atoms with E-state index in [0.717, 1.165) is 12.2 Å². The number of Topliss-reactive ketones (excluding diaryl/α,β-unsaturated/α-hetero) is 1. The molecule has 0 atom stereocenters. The van der Waals surface area contributed by atoms with Crippen LogP contribution in [0.15, 0.2) is 48.5 Å². The van der Waals surface area contributed by atoms with Crippen molar-refractivity contribution < 1.29 is 9.53 Å². The minimum absolute atomic E-state index is 0.132. The van der Waals surface area contributed by atoms with Crippen LogP contribution in [-0.2, 0) is 6.42 Å². The van der Waals surface area contributed by atoms with E-state index in [0.29, 0.717) is 17.7 Å². The highest BCUT2D eigenvalue weighted by Crippen LogP contribution is 2.23. The third kappa shape index (κ3) is 3.44. The number of benzene rings is 2. The van der Waals surface area contributed by atoms with Gasteiger partial charge < -0.3 is 4.74 Å². The lowest BCUT2D eigenvalue weighted by Gasteiger charge is -2.08. The van der Waals surface area contributed by atoms with E-state index in [-0.39, 0.29) is 5.78 Å². The van der Waals surface area contributed by atoms with Gasteiger partial charge in [-0.25, -0.2) is 0 Å². The van der Waals surface area contributed by atoms with Crippen molar-refractivity contribution in [3.63, 3.8) is 0 Å². The van der Waals surface area contributed by atoms with Crippen molar-refractivity contribution in [2.24, 2.45) is 0 Å². The fraction of sp³-hybridized carbons (Fsp3) is 0.235. The summed E-state index contributed by atoms with van der Waals surface area (Å²) in [6.45, 7) is 3.97. The molecule has 0 amide bonds. The monoisotopic (exact) mass is 254 g/mol. The van der Waals surface area contributed by atoms with Gasteiger partial charge in [0.1, 0.15) is 11.5 Å². The molecule has 98 valence electrons. The number of hydrogen-bond acceptors (Lipinski definition) is 2. The Morgan fingerprint density at radius 1 is 1.00 bits per heavy atom. The quantitative estimate of drug-likeness (QED) is 0.727. The summed E-state index contributed by atoms with van der Waals surface area (Å²) in [7, 11) is 0. The van der Waals surface area contributed by atoms with Crippen molar-refractivity contribution in [1.29, 1.82) is 0 Å². The van der Waals surface area contributed by atoms with E-state index in [9.17, 15) is 4.79 Å². The zero-order valence-electron chi connectivity index (χ0n) is 11.3. The van der Waals surface area contributed by atoms with Crippen LogP contribution in [-0.4, -0.2) is 5.78 Å². The van der Waals surface area contributed by atoms with E-state index in [4.69, 9.17) is 4.74 Å². The molecule has 0 radical (unpaired) electrons. The smallest absolute Gasteiger partial charge is 0.162 e. The molecule has 0 spiro atoms. The average molecular weight is 254 g/mol. The van der Waals surface area contributed by atoms with Crippen LogP contribution >= 0.6 is 0 Å². The predicted octanol–water partition coefficient (Wildman–Crippen LogP) is 4.63. The van der Waals surface area contributed by atoms with Crippen LogP contribution in [0.2, 0.25) is 0 Å². The molecule has 0 unspecified atom stereocenters. The van der Waals surface area contributed by atoms with Gasteiger partial charge in [-0.3, -0.25) is 4.79 Å². The van der Waals surface area contributed by atoms with Crippen molar-refractivity contribution in [2.75, 3.05) is 0 Å². The normalized spacial score (nSPS) is 10.2. The molecule has 0 bridgehead atoms. The Morgan fingerprint density at radius 3 is 2.37 bits per heavy atom. The number of hydrogen-bond donors (Lipinski definition) is 0. The number of ether oxygens (including phenoxy) is 1. The highest BCUT2D eigenvalue weighted by molar-refractivity contribution is 5.96. The van der Waals surface area contributed by atoms with Gasteiger partial charge in [-0.15, -0.1) is 0 Å². The van der Waals surface area contributed by atoms with E-state index in [1.807, 2.05) is 43.3 Å². The van der Waals surface area contributed by atoms with Crippen molar-refractivity contribution in [3.05, 3.63) is 59.7 Å². The molecule has 0 saturated heterocycles. The van der Waals surface area contributed by atoms with Gasteiger partial charge in [0.2, 0.25) is 0 Å². The van der Waals surface area contributed by atoms with Crippen LogP contribution in [0.3, 0.4) is 0 Å². The molecule has 0 fully saturated rings. The highest BCUT2D eigenvalue weighted by Gasteiger charge is 2.05. The van der Waals surface area contributed by atoms with Crippen LogP contribution in [0.4, 0.5) is 0 Å². The van der Waals surface area contributed by atoms with Crippen molar-refractivity contribution in [1.82, 2.24) is 0 Å². The molecule has 2 rings (SSSR count). The molecule has 0 aliphatic carbocycles. The van der Waals surface area contributed by atoms with Crippen molar-refractivity contribution in [3.8, 4) is 11.5 Å². The zero-order valence-corrected chi connectivity index (χ0v) is 11.3. The second kappa shape index (κ2) is 6.19. The second-order valence-corrected chi connectivity index (χ2v) is 4.41. The van der Waals surface area contributed by atoms with E-state index < -0.39 is 0 Å². The summed E-state index contributed by atoms with van der Waals surface area (Å²) >= 11 is 0. The summed E-state index contributed by atoms with van der Waals surface area (Å²) in [6.07, 6.45) is 1.49. The van der Waals surface area contributed by atoms with E-state index in [1.165, 1.54) is 5.56 Å². The standard InChI is InChI=1S/C17H18O2/c1-3-13-7-5-9-15(11-13)19-16-10-6-8-14(12-16)17(18)4-2/h5-12H,3-4H2,1-2H3. The summed E-state index contributed by atoms with van der Waals surface area (Å²) < 4.78 is 5.80. The number of carbonyl (C=O) groups excluding carboxylic acids is 1. The largest absolute Gasteiger partial charge is 0.457 e. The van der Waals surface area contributed by atoms with Crippen molar-refractivity contribution >= 4 is 5.78 Å². The molecule has 19 heavy (non-hydrogen) atoms. The molecule has 0 saturated carbocycles. The first kappa shape index (κ1) is 13.3. The maximum absolute atomic E-state index is 11.7. The molecule has 2 aromatic carbocycles. The first-order chi connectivity index (χ1) is 9.22. The SMILES string of the molecule is CCC(=O)c1cccc(Oc2cccc(CC)c2)c1. The Bertz CT molecular complexity index is 573. The van der Waals surface area contributed by atoms with Crippen LogP contribution < -0.4 is 4.74 Å². The minimum atomic E-state index is 0.132. The predicted molar refractivity (Wildman–Crippen MR) is 77.0 cm³/mol. The number of rotatable bonds is 5. The van der Waals surface area contributed by atoms with Crippen LogP contribution in [0.1, 0.15) is 36.2 Å². The van der Waals surface area contributed by atoms with Gasteiger partial charge in [0.05, 0.1) is 0 Å². The molecule has 2 aromatic rings. The van der Waals surface area contributed by atoms with Crippen LogP contribution in [0.5, 0.6) is 11.5 Å². The number of aryl methyl sites for hydroxylation is 1. The van der Waals surface area contributed by atoms with Gasteiger partial charge >= 0.3 is 0 Å². The fourth-order valence-electron chi connectivity index (χ4n) is 1.90. The zero-order chi connectivity index (χ0) is 13.7. The van der Waals surface area contributed by atoms with Crippen molar-refractivity contribution in [2.45, 2.75) is 26.7 Å². The van der Waals surface area contributed by atoms with Gasteiger partial charge in [-0.05, 0) is 36.2 Å². The molecular formula is C17H18O2. The Hall–Kier alpha value is -2.09. The topological polar surface area (TPSA) is 26.3 Å². The molecular weight excluding hydrogens is 236 g/mol. The van der Waals surface area contributed by atoms with E-state index in [2.05, 4.69) is 13.0 Å².